The van der Waals surface area contributed by atoms with Crippen LogP contribution in [0.1, 0.15) is 22.6 Å². The lowest BCUT2D eigenvalue weighted by molar-refractivity contribution is -0.575. The van der Waals surface area contributed by atoms with Crippen molar-refractivity contribution in [1.29, 1.82) is 0 Å². The highest BCUT2D eigenvalue weighted by molar-refractivity contribution is 6.16. The molecule has 0 saturated heterocycles. The predicted molar refractivity (Wildman–Crippen MR) is 208 cm³/mol. The van der Waals surface area contributed by atoms with Crippen LogP contribution in [-0.4, -0.2) is 19.6 Å². The highest BCUT2D eigenvalue weighted by Crippen LogP contribution is 2.58. The number of pyridine rings is 1. The molecule has 0 saturated carbocycles. The Balaban J connectivity index is 1.09. The topological polar surface area (TPSA) is 47.0 Å². The first-order chi connectivity index (χ1) is 25.8. The van der Waals surface area contributed by atoms with Crippen molar-refractivity contribution < 1.29 is 4.57 Å². The SMILES string of the molecule is c1ccc(-c2nc3nc(-[n+]4ccc(C5c6cccc7c6-c6c5ccc5cccc(c65)-c5ccccc5-7)c5ccccc54)nn3c3ccccc23)cc1. The van der Waals surface area contributed by atoms with Crippen LogP contribution >= 0.6 is 0 Å². The molecular formula is C47H28N5+. The van der Waals surface area contributed by atoms with Gasteiger partial charge < -0.3 is 0 Å². The molecule has 0 amide bonds. The number of benzene rings is 7. The number of hydrogen-bond acceptors (Lipinski definition) is 3. The van der Waals surface area contributed by atoms with E-state index in [-0.39, 0.29) is 5.92 Å². The minimum atomic E-state index is 0.0697. The summed E-state index contributed by atoms with van der Waals surface area (Å²) < 4.78 is 3.98. The molecule has 52 heavy (non-hydrogen) atoms. The third kappa shape index (κ3) is 3.66. The molecule has 0 spiro atoms. The molecule has 0 bridgehead atoms. The maximum Gasteiger partial charge on any atom is 0.462 e. The maximum atomic E-state index is 5.09. The molecule has 1 unspecified atom stereocenters. The van der Waals surface area contributed by atoms with Crippen LogP contribution in [0.25, 0.3) is 88.9 Å². The lowest BCUT2D eigenvalue weighted by Crippen LogP contribution is -2.33. The Morgan fingerprint density at radius 1 is 0.500 bits per heavy atom. The Kier molecular flexibility index (Phi) is 5.50. The number of rotatable bonds is 3. The fraction of sp³-hybridized carbons (Fsp3) is 0.0213. The Hall–Kier alpha value is -6.98. The van der Waals surface area contributed by atoms with E-state index in [4.69, 9.17) is 15.1 Å². The van der Waals surface area contributed by atoms with Gasteiger partial charge in [-0.3, -0.25) is 0 Å². The minimum Gasteiger partial charge on any atom is -0.197 e. The largest absolute Gasteiger partial charge is 0.462 e. The second-order valence-corrected chi connectivity index (χ2v) is 13.8. The molecule has 240 valence electrons. The average Bonchev–Trinajstić information content (AvgIpc) is 3.76. The third-order valence-electron chi connectivity index (χ3n) is 11.2. The Morgan fingerprint density at radius 3 is 2.12 bits per heavy atom. The molecule has 0 radical (unpaired) electrons. The van der Waals surface area contributed by atoms with Crippen molar-refractivity contribution in [3.05, 3.63) is 181 Å². The van der Waals surface area contributed by atoms with Crippen LogP contribution in [0.3, 0.4) is 0 Å². The number of hydrogen-bond donors (Lipinski definition) is 0. The lowest BCUT2D eigenvalue weighted by atomic mass is 9.84. The Morgan fingerprint density at radius 2 is 1.21 bits per heavy atom. The molecule has 5 heteroatoms. The van der Waals surface area contributed by atoms with Gasteiger partial charge in [0.05, 0.1) is 17.4 Å². The predicted octanol–water partition coefficient (Wildman–Crippen LogP) is 10.3. The molecule has 0 N–H and O–H groups in total. The van der Waals surface area contributed by atoms with Gasteiger partial charge in [-0.05, 0) is 84.0 Å². The summed E-state index contributed by atoms with van der Waals surface area (Å²) in [7, 11) is 0. The van der Waals surface area contributed by atoms with Gasteiger partial charge >= 0.3 is 11.7 Å². The summed E-state index contributed by atoms with van der Waals surface area (Å²) in [6, 6.07) is 56.7. The highest BCUT2D eigenvalue weighted by atomic mass is 15.4. The minimum absolute atomic E-state index is 0.0697. The first kappa shape index (κ1) is 27.8. The van der Waals surface area contributed by atoms with Crippen molar-refractivity contribution in [3.63, 3.8) is 0 Å². The molecule has 5 nitrogen and oxygen atoms in total. The van der Waals surface area contributed by atoms with Gasteiger partial charge in [0.25, 0.3) is 0 Å². The lowest BCUT2D eigenvalue weighted by Gasteiger charge is -2.19. The van der Waals surface area contributed by atoms with Crippen molar-refractivity contribution in [2.24, 2.45) is 0 Å². The normalized spacial score (nSPS) is 14.0. The fourth-order valence-corrected chi connectivity index (χ4v) is 9.04. The first-order valence-electron chi connectivity index (χ1n) is 17.8. The molecule has 3 aromatic heterocycles. The molecule has 2 aliphatic carbocycles. The van der Waals surface area contributed by atoms with Crippen LogP contribution in [0.5, 0.6) is 0 Å². The molecule has 1 atom stereocenters. The maximum absolute atomic E-state index is 5.09. The van der Waals surface area contributed by atoms with Crippen LogP contribution in [0.15, 0.2) is 164 Å². The Bertz CT molecular complexity index is 3140. The molecule has 3 heterocycles. The van der Waals surface area contributed by atoms with Gasteiger partial charge in [-0.2, -0.15) is 9.55 Å². The summed E-state index contributed by atoms with van der Waals surface area (Å²) >= 11 is 0. The van der Waals surface area contributed by atoms with Crippen molar-refractivity contribution in [3.8, 4) is 50.6 Å². The van der Waals surface area contributed by atoms with Crippen LogP contribution in [0, 0.1) is 0 Å². The zero-order valence-electron chi connectivity index (χ0n) is 27.9. The summed E-state index contributed by atoms with van der Waals surface area (Å²) in [5, 5.41) is 9.92. The van der Waals surface area contributed by atoms with E-state index < -0.39 is 0 Å². The van der Waals surface area contributed by atoms with Gasteiger partial charge in [0.1, 0.15) is 5.52 Å². The van der Waals surface area contributed by atoms with E-state index in [0.29, 0.717) is 11.7 Å². The smallest absolute Gasteiger partial charge is 0.197 e. The summed E-state index contributed by atoms with van der Waals surface area (Å²) in [5.41, 5.74) is 15.9. The summed E-state index contributed by atoms with van der Waals surface area (Å²) in [5.74, 6) is 1.22. The van der Waals surface area contributed by atoms with Crippen molar-refractivity contribution >= 4 is 38.4 Å². The quantitative estimate of drug-likeness (QED) is 0.177. The van der Waals surface area contributed by atoms with Gasteiger partial charge in [-0.25, -0.2) is 0 Å². The van der Waals surface area contributed by atoms with Crippen LogP contribution in [0.2, 0.25) is 0 Å². The second-order valence-electron chi connectivity index (χ2n) is 13.8. The summed E-state index contributed by atoms with van der Waals surface area (Å²) in [6.07, 6.45) is 2.14. The second kappa shape index (κ2) is 10.3. The number of fused-ring (bicyclic) bond motifs is 7. The summed E-state index contributed by atoms with van der Waals surface area (Å²) in [6.45, 7) is 0. The van der Waals surface area contributed by atoms with Crippen LogP contribution in [-0.2, 0) is 0 Å². The van der Waals surface area contributed by atoms with Crippen molar-refractivity contribution in [2.45, 2.75) is 5.92 Å². The third-order valence-corrected chi connectivity index (χ3v) is 11.2. The molecule has 7 aromatic carbocycles. The molecule has 10 aromatic rings. The van der Waals surface area contributed by atoms with E-state index >= 15 is 0 Å². The van der Waals surface area contributed by atoms with Gasteiger partial charge in [-0.15, -0.1) is 4.52 Å². The van der Waals surface area contributed by atoms with Gasteiger partial charge in [0.2, 0.25) is 0 Å². The fourth-order valence-electron chi connectivity index (χ4n) is 9.04. The van der Waals surface area contributed by atoms with Gasteiger partial charge in [0, 0.05) is 27.4 Å². The average molecular weight is 663 g/mol. The van der Waals surface area contributed by atoms with Crippen molar-refractivity contribution in [2.75, 3.05) is 0 Å². The summed E-state index contributed by atoms with van der Waals surface area (Å²) in [4.78, 5) is 10.1. The number of para-hydroxylation sites is 2. The highest BCUT2D eigenvalue weighted by Gasteiger charge is 2.37. The van der Waals surface area contributed by atoms with Crippen molar-refractivity contribution in [1.82, 2.24) is 19.6 Å². The van der Waals surface area contributed by atoms with E-state index in [1.807, 2.05) is 28.8 Å². The zero-order valence-corrected chi connectivity index (χ0v) is 27.9. The zero-order chi connectivity index (χ0) is 33.9. The molecule has 0 fully saturated rings. The Labute approximate surface area is 298 Å². The molecule has 2 aliphatic rings. The monoisotopic (exact) mass is 662 g/mol. The van der Waals surface area contributed by atoms with E-state index in [1.165, 1.54) is 66.2 Å². The first-order valence-corrected chi connectivity index (χ1v) is 17.8. The number of aromatic nitrogens is 5. The van der Waals surface area contributed by atoms with E-state index in [1.54, 1.807) is 0 Å². The van der Waals surface area contributed by atoms with E-state index in [2.05, 4.69) is 144 Å². The van der Waals surface area contributed by atoms with Gasteiger partial charge in [0.15, 0.2) is 0 Å². The van der Waals surface area contributed by atoms with Crippen LogP contribution < -0.4 is 4.57 Å². The molecular weight excluding hydrogens is 635 g/mol. The molecule has 12 rings (SSSR count). The van der Waals surface area contributed by atoms with E-state index in [0.717, 1.165) is 27.7 Å². The van der Waals surface area contributed by atoms with Crippen LogP contribution in [0.4, 0.5) is 0 Å². The molecule has 0 aliphatic heterocycles. The number of nitrogens with zero attached hydrogens (tertiary/aromatic N) is 5. The van der Waals surface area contributed by atoms with E-state index in [9.17, 15) is 0 Å². The van der Waals surface area contributed by atoms with Gasteiger partial charge in [-0.1, -0.05) is 140 Å². The standard InChI is InChI=1S/C47H28N5/c1-2-12-29(13-3-1)45-36-18-7-9-23-40(36)52-46(48-45)49-47(50-52)51-27-26-35(32-17-6-8-22-39(32)51)42-37-21-11-20-34-31-16-5-4-15-30(31)33-19-10-14-28-24-25-38(42)44(41(28)33)43(34)37/h1-27,42H/q+1.